The Labute approximate surface area is 167 Å². The predicted molar refractivity (Wildman–Crippen MR) is 110 cm³/mol. The van der Waals surface area contributed by atoms with Gasteiger partial charge in [-0.1, -0.05) is 38.0 Å². The SMILES string of the molecule is CC.CC1CNC(CO)N1c1nc2c(s1)CN(C(=O)CC1CCCC1)CC2. The molecule has 1 aliphatic carbocycles. The van der Waals surface area contributed by atoms with Crippen LogP contribution in [0.25, 0.3) is 0 Å². The molecule has 1 amide bonds. The van der Waals surface area contributed by atoms with Gasteiger partial charge in [0.25, 0.3) is 0 Å². The number of nitrogens with one attached hydrogen (secondary N) is 1. The summed E-state index contributed by atoms with van der Waals surface area (Å²) in [4.78, 5) is 22.9. The highest BCUT2D eigenvalue weighted by Gasteiger charge is 2.34. The Bertz CT molecular complexity index is 629. The van der Waals surface area contributed by atoms with Crippen LogP contribution in [0.15, 0.2) is 0 Å². The first-order valence-electron chi connectivity index (χ1n) is 10.5. The Morgan fingerprint density at radius 1 is 1.33 bits per heavy atom. The smallest absolute Gasteiger partial charge is 0.223 e. The van der Waals surface area contributed by atoms with Crippen LogP contribution in [0.2, 0.25) is 0 Å². The van der Waals surface area contributed by atoms with Crippen molar-refractivity contribution in [2.75, 3.05) is 24.6 Å². The van der Waals surface area contributed by atoms with Crippen molar-refractivity contribution in [3.63, 3.8) is 0 Å². The highest BCUT2D eigenvalue weighted by Crippen LogP contribution is 2.34. The lowest BCUT2D eigenvalue weighted by Gasteiger charge is -2.27. The molecule has 2 unspecified atom stereocenters. The van der Waals surface area contributed by atoms with Crippen molar-refractivity contribution in [2.24, 2.45) is 5.92 Å². The summed E-state index contributed by atoms with van der Waals surface area (Å²) >= 11 is 1.69. The van der Waals surface area contributed by atoms with E-state index < -0.39 is 0 Å². The summed E-state index contributed by atoms with van der Waals surface area (Å²) in [6.45, 7) is 8.60. The zero-order valence-electron chi connectivity index (χ0n) is 16.9. The number of nitrogens with zero attached hydrogens (tertiary/aromatic N) is 3. The highest BCUT2D eigenvalue weighted by molar-refractivity contribution is 7.15. The third-order valence-corrected chi connectivity index (χ3v) is 6.96. The fourth-order valence-corrected chi connectivity index (χ4v) is 5.66. The molecule has 4 rings (SSSR count). The standard InChI is InChI=1S/C18H28N4O2S.C2H6/c1-12-9-19-16(11-23)22(12)18-20-14-6-7-21(10-15(14)25-18)17(24)8-13-4-2-3-5-13;1-2/h12-13,16,19,23H,2-11H2,1H3;1-2H3. The van der Waals surface area contributed by atoms with E-state index in [0.717, 1.165) is 36.8 Å². The molecule has 0 radical (unpaired) electrons. The summed E-state index contributed by atoms with van der Waals surface area (Å²) < 4.78 is 0. The van der Waals surface area contributed by atoms with Crippen molar-refractivity contribution >= 4 is 22.4 Å². The minimum atomic E-state index is -0.0531. The average molecular weight is 395 g/mol. The number of carbonyl (C=O) groups is 1. The molecule has 6 nitrogen and oxygen atoms in total. The lowest BCUT2D eigenvalue weighted by molar-refractivity contribution is -0.133. The van der Waals surface area contributed by atoms with Crippen LogP contribution in [0, 0.1) is 5.92 Å². The third-order valence-electron chi connectivity index (χ3n) is 5.86. The van der Waals surface area contributed by atoms with Gasteiger partial charge in [-0.25, -0.2) is 4.98 Å². The van der Waals surface area contributed by atoms with Crippen molar-refractivity contribution in [1.29, 1.82) is 0 Å². The zero-order valence-corrected chi connectivity index (χ0v) is 17.7. The summed E-state index contributed by atoms with van der Waals surface area (Å²) in [5.74, 6) is 0.921. The first kappa shape index (κ1) is 20.6. The topological polar surface area (TPSA) is 68.7 Å². The molecule has 0 spiro atoms. The number of aromatic nitrogens is 1. The Hall–Kier alpha value is -1.18. The Morgan fingerprint density at radius 3 is 2.78 bits per heavy atom. The van der Waals surface area contributed by atoms with Crippen molar-refractivity contribution in [3.8, 4) is 0 Å². The lowest BCUT2D eigenvalue weighted by Crippen LogP contribution is -2.41. The van der Waals surface area contributed by atoms with E-state index in [-0.39, 0.29) is 12.8 Å². The molecular formula is C20H34N4O2S. The Kier molecular flexibility index (Phi) is 7.11. The molecule has 152 valence electrons. The van der Waals surface area contributed by atoms with Gasteiger partial charge in [0.15, 0.2) is 5.13 Å². The third kappa shape index (κ3) is 4.46. The van der Waals surface area contributed by atoms with Gasteiger partial charge in [-0.05, 0) is 25.7 Å². The van der Waals surface area contributed by atoms with Crippen LogP contribution < -0.4 is 10.2 Å². The molecule has 1 saturated carbocycles. The second kappa shape index (κ2) is 9.34. The number of aliphatic hydroxyl groups excluding tert-OH is 1. The molecule has 2 fully saturated rings. The molecule has 2 aliphatic heterocycles. The molecule has 3 heterocycles. The Morgan fingerprint density at radius 2 is 2.07 bits per heavy atom. The fourth-order valence-electron chi connectivity index (χ4n) is 4.38. The molecule has 1 aromatic rings. The van der Waals surface area contributed by atoms with Crippen molar-refractivity contribution in [2.45, 2.75) is 78.0 Å². The quantitative estimate of drug-likeness (QED) is 0.822. The lowest BCUT2D eigenvalue weighted by atomic mass is 10.0. The molecule has 2 atom stereocenters. The van der Waals surface area contributed by atoms with Gasteiger partial charge in [-0.2, -0.15) is 0 Å². The maximum Gasteiger partial charge on any atom is 0.223 e. The number of hydrogen-bond acceptors (Lipinski definition) is 6. The average Bonchev–Trinajstić information content (AvgIpc) is 3.41. The highest BCUT2D eigenvalue weighted by atomic mass is 32.1. The number of aliphatic hydroxyl groups is 1. The second-order valence-corrected chi connectivity index (χ2v) is 8.71. The van der Waals surface area contributed by atoms with Gasteiger partial charge in [-0.3, -0.25) is 10.1 Å². The van der Waals surface area contributed by atoms with Gasteiger partial charge in [0.1, 0.15) is 6.17 Å². The van der Waals surface area contributed by atoms with Crippen molar-refractivity contribution in [1.82, 2.24) is 15.2 Å². The minimum absolute atomic E-state index is 0.0531. The molecule has 7 heteroatoms. The number of anilines is 1. The predicted octanol–water partition coefficient (Wildman–Crippen LogP) is 2.75. The largest absolute Gasteiger partial charge is 0.393 e. The van der Waals surface area contributed by atoms with E-state index in [1.54, 1.807) is 11.3 Å². The molecule has 27 heavy (non-hydrogen) atoms. The second-order valence-electron chi connectivity index (χ2n) is 7.65. The molecule has 0 bridgehead atoms. The fraction of sp³-hybridized carbons (Fsp3) is 0.800. The number of thiazole rings is 1. The van der Waals surface area contributed by atoms with Gasteiger partial charge in [0.2, 0.25) is 5.91 Å². The molecule has 1 aromatic heterocycles. The van der Waals surface area contributed by atoms with E-state index in [9.17, 15) is 9.90 Å². The summed E-state index contributed by atoms with van der Waals surface area (Å²) in [5, 5.41) is 13.9. The first-order chi connectivity index (χ1) is 13.2. The van der Waals surface area contributed by atoms with Crippen LogP contribution in [-0.2, 0) is 17.8 Å². The molecule has 1 saturated heterocycles. The maximum absolute atomic E-state index is 12.6. The molecule has 3 aliphatic rings. The van der Waals surface area contributed by atoms with Gasteiger partial charge < -0.3 is 14.9 Å². The number of amides is 1. The zero-order chi connectivity index (χ0) is 19.4. The van der Waals surface area contributed by atoms with Crippen LogP contribution in [-0.4, -0.2) is 52.8 Å². The number of rotatable bonds is 4. The molecular weight excluding hydrogens is 360 g/mol. The monoisotopic (exact) mass is 394 g/mol. The van der Waals surface area contributed by atoms with Gasteiger partial charge >= 0.3 is 0 Å². The van der Waals surface area contributed by atoms with Gasteiger partial charge in [0.05, 0.1) is 18.8 Å². The van der Waals surface area contributed by atoms with Crippen LogP contribution in [0.1, 0.15) is 63.4 Å². The summed E-state index contributed by atoms with van der Waals surface area (Å²) in [7, 11) is 0. The first-order valence-corrected chi connectivity index (χ1v) is 11.4. The summed E-state index contributed by atoms with van der Waals surface area (Å²) in [5.41, 5.74) is 1.14. The number of fused-ring (bicyclic) bond motifs is 1. The summed E-state index contributed by atoms with van der Waals surface area (Å²) in [6.07, 6.45) is 6.53. The van der Waals surface area contributed by atoms with Crippen LogP contribution in [0.5, 0.6) is 0 Å². The number of carbonyl (C=O) groups excluding carboxylic acids is 1. The van der Waals surface area contributed by atoms with E-state index >= 15 is 0 Å². The van der Waals surface area contributed by atoms with Gasteiger partial charge in [0, 0.05) is 36.9 Å². The molecule has 0 aromatic carbocycles. The van der Waals surface area contributed by atoms with Gasteiger partial charge in [-0.15, -0.1) is 0 Å². The van der Waals surface area contributed by atoms with Crippen molar-refractivity contribution in [3.05, 3.63) is 10.6 Å². The van der Waals surface area contributed by atoms with Crippen molar-refractivity contribution < 1.29 is 9.90 Å². The van der Waals surface area contributed by atoms with E-state index in [1.807, 2.05) is 18.7 Å². The van der Waals surface area contributed by atoms with E-state index in [1.165, 1.54) is 30.6 Å². The summed E-state index contributed by atoms with van der Waals surface area (Å²) in [6, 6.07) is 0.324. The number of hydrogen-bond donors (Lipinski definition) is 2. The van der Waals surface area contributed by atoms with E-state index in [2.05, 4.69) is 17.1 Å². The van der Waals surface area contributed by atoms with Crippen LogP contribution in [0.3, 0.4) is 0 Å². The minimum Gasteiger partial charge on any atom is -0.393 e. The van der Waals surface area contributed by atoms with Crippen LogP contribution >= 0.6 is 11.3 Å². The molecule has 2 N–H and O–H groups in total. The Balaban J connectivity index is 0.00000102. The maximum atomic E-state index is 12.6. The normalized spacial score (nSPS) is 25.3. The van der Waals surface area contributed by atoms with Crippen LogP contribution in [0.4, 0.5) is 5.13 Å². The van der Waals surface area contributed by atoms with E-state index in [0.29, 0.717) is 24.4 Å². The van der Waals surface area contributed by atoms with E-state index in [4.69, 9.17) is 4.98 Å².